The molecule has 6 heterocycles. The van der Waals surface area contributed by atoms with Gasteiger partial charge in [0.1, 0.15) is 17.2 Å². The van der Waals surface area contributed by atoms with Gasteiger partial charge in [-0.15, -0.1) is 34.0 Å². The molecule has 0 unspecified atom stereocenters. The number of aryl methyl sites for hydroxylation is 2. The van der Waals surface area contributed by atoms with E-state index < -0.39 is 0 Å². The first-order valence-electron chi connectivity index (χ1n) is 23.4. The van der Waals surface area contributed by atoms with Crippen LogP contribution in [0.4, 0.5) is 0 Å². The van der Waals surface area contributed by atoms with Crippen LogP contribution in [0.3, 0.4) is 0 Å². The third kappa shape index (κ3) is 13.9. The molecule has 0 radical (unpaired) electrons. The van der Waals surface area contributed by atoms with Crippen molar-refractivity contribution in [3.63, 3.8) is 0 Å². The number of ether oxygens (including phenoxy) is 3. The number of aromatic nitrogens is 3. The second-order valence-corrected chi connectivity index (χ2v) is 20.2. The summed E-state index contributed by atoms with van der Waals surface area (Å²) < 4.78 is 16.0. The van der Waals surface area contributed by atoms with Crippen molar-refractivity contribution in [1.29, 1.82) is 0 Å². The van der Waals surface area contributed by atoms with Crippen LogP contribution < -0.4 is 30.2 Å². The van der Waals surface area contributed by atoms with Gasteiger partial charge in [0, 0.05) is 40.1 Å². The second-order valence-electron chi connectivity index (χ2n) is 16.9. The summed E-state index contributed by atoms with van der Waals surface area (Å²) in [5.74, 6) is 4.88. The zero-order valence-corrected chi connectivity index (χ0v) is 41.0. The van der Waals surface area contributed by atoms with Crippen molar-refractivity contribution < 1.29 is 14.2 Å². The van der Waals surface area contributed by atoms with E-state index in [0.717, 1.165) is 82.2 Å². The molecule has 0 spiro atoms. The van der Waals surface area contributed by atoms with Gasteiger partial charge in [0.05, 0.1) is 47.2 Å². The predicted molar refractivity (Wildman–Crippen MR) is 267 cm³/mol. The lowest BCUT2D eigenvalue weighted by atomic mass is 9.95. The average molecular weight is 921 g/mol. The summed E-state index contributed by atoms with van der Waals surface area (Å²) in [7, 11) is 3.39. The van der Waals surface area contributed by atoms with E-state index in [2.05, 4.69) is 83.4 Å². The molecule has 3 N–H and O–H groups in total. The summed E-state index contributed by atoms with van der Waals surface area (Å²) in [6.45, 7) is 13.9. The monoisotopic (exact) mass is 920 g/mol. The molecular formula is C52H68N6O3S3. The maximum atomic E-state index is 5.61. The highest BCUT2D eigenvalue weighted by atomic mass is 32.1. The van der Waals surface area contributed by atoms with Gasteiger partial charge in [0.15, 0.2) is 0 Å². The molecule has 0 amide bonds. The van der Waals surface area contributed by atoms with Crippen molar-refractivity contribution in [2.45, 2.75) is 103 Å². The Hall–Kier alpha value is -4.17. The molecule has 3 aromatic heterocycles. The highest BCUT2D eigenvalue weighted by Crippen LogP contribution is 2.36. The Labute approximate surface area is 393 Å². The number of hydrogen-bond acceptors (Lipinski definition) is 12. The fourth-order valence-electron chi connectivity index (χ4n) is 8.77. The van der Waals surface area contributed by atoms with Crippen LogP contribution in [-0.2, 0) is 25.7 Å². The van der Waals surface area contributed by atoms with Gasteiger partial charge in [-0.3, -0.25) is 0 Å². The number of methoxy groups -OCH3 is 2. The third-order valence-electron chi connectivity index (χ3n) is 12.3. The van der Waals surface area contributed by atoms with Gasteiger partial charge in [0.25, 0.3) is 0 Å². The molecule has 3 saturated heterocycles. The van der Waals surface area contributed by atoms with Crippen LogP contribution in [0.25, 0.3) is 0 Å². The lowest BCUT2D eigenvalue weighted by Gasteiger charge is -2.22. The molecule has 3 aliphatic heterocycles. The molecule has 3 aliphatic rings. The molecule has 0 saturated carbocycles. The Morgan fingerprint density at radius 2 is 1.08 bits per heavy atom. The number of benzene rings is 3. The summed E-state index contributed by atoms with van der Waals surface area (Å²) in [6.07, 6.45) is 13.3. The lowest BCUT2D eigenvalue weighted by molar-refractivity contribution is 0.340. The molecule has 9 nitrogen and oxygen atoms in total. The van der Waals surface area contributed by atoms with Gasteiger partial charge in [-0.1, -0.05) is 43.3 Å². The zero-order chi connectivity index (χ0) is 44.5. The quantitative estimate of drug-likeness (QED) is 0.0986. The largest absolute Gasteiger partial charge is 0.497 e. The Morgan fingerprint density at radius 3 is 1.64 bits per heavy atom. The average Bonchev–Trinajstić information content (AvgIpc) is 4.09. The molecular weight excluding hydrogens is 853 g/mol. The Balaban J connectivity index is 0.000000144. The Bertz CT molecular complexity index is 2270. The van der Waals surface area contributed by atoms with Gasteiger partial charge in [0.2, 0.25) is 0 Å². The first-order valence-corrected chi connectivity index (χ1v) is 25.8. The number of rotatable bonds is 14. The number of nitrogens with zero attached hydrogens (tertiary/aromatic N) is 3. The van der Waals surface area contributed by atoms with Crippen LogP contribution in [0.15, 0.2) is 79.0 Å². The Kier molecular flexibility index (Phi) is 18.6. The molecule has 0 aliphatic carbocycles. The molecule has 342 valence electrons. The van der Waals surface area contributed by atoms with Crippen molar-refractivity contribution in [3.8, 4) is 17.2 Å². The minimum atomic E-state index is 0.701. The first kappa shape index (κ1) is 47.8. The van der Waals surface area contributed by atoms with E-state index in [1.807, 2.05) is 71.3 Å². The minimum Gasteiger partial charge on any atom is -0.497 e. The van der Waals surface area contributed by atoms with Gasteiger partial charge in [-0.25, -0.2) is 15.0 Å². The van der Waals surface area contributed by atoms with Crippen molar-refractivity contribution in [2.24, 2.45) is 0 Å². The molecule has 0 bridgehead atoms. The van der Waals surface area contributed by atoms with Gasteiger partial charge < -0.3 is 30.2 Å². The van der Waals surface area contributed by atoms with E-state index in [9.17, 15) is 0 Å². The molecule has 3 fully saturated rings. The molecule has 64 heavy (non-hydrogen) atoms. The van der Waals surface area contributed by atoms with Gasteiger partial charge >= 0.3 is 0 Å². The van der Waals surface area contributed by atoms with E-state index in [0.29, 0.717) is 24.4 Å². The molecule has 3 aromatic carbocycles. The molecule has 0 atom stereocenters. The second kappa shape index (κ2) is 24.9. The van der Waals surface area contributed by atoms with E-state index in [-0.39, 0.29) is 0 Å². The summed E-state index contributed by atoms with van der Waals surface area (Å²) in [4.78, 5) is 18.8. The topological polar surface area (TPSA) is 102 Å². The van der Waals surface area contributed by atoms with Crippen LogP contribution in [0.2, 0.25) is 0 Å². The summed E-state index contributed by atoms with van der Waals surface area (Å²) >= 11 is 5.70. The highest BCUT2D eigenvalue weighted by molar-refractivity contribution is 7.12. The van der Waals surface area contributed by atoms with Gasteiger partial charge in [-0.2, -0.15) is 0 Å². The van der Waals surface area contributed by atoms with E-state index >= 15 is 0 Å². The SMILES string of the molecule is CCOc1cccc(Cc2nc(CC)c(C3CCNCC3)s2)c1.COc1ccc(Cc2nc(C)c(C3CCNCC3)s2)cc1.COc1ccc(Cc2ncc(C3CCNCC3)s2)cc1. The maximum Gasteiger partial charge on any atom is 0.119 e. The lowest BCUT2D eigenvalue weighted by Crippen LogP contribution is -2.26. The number of thiazole rings is 3. The van der Waals surface area contributed by atoms with Gasteiger partial charge in [-0.05, 0) is 169 Å². The van der Waals surface area contributed by atoms with Crippen molar-refractivity contribution in [1.82, 2.24) is 30.9 Å². The van der Waals surface area contributed by atoms with Crippen LogP contribution in [-0.4, -0.2) is 75.0 Å². The molecule has 9 rings (SSSR count). The predicted octanol–water partition coefficient (Wildman–Crippen LogP) is 10.9. The van der Waals surface area contributed by atoms with E-state index in [4.69, 9.17) is 24.2 Å². The number of hydrogen-bond donors (Lipinski definition) is 3. The van der Waals surface area contributed by atoms with E-state index in [1.54, 1.807) is 14.2 Å². The fraction of sp³-hybridized carbons (Fsp3) is 0.481. The van der Waals surface area contributed by atoms with Crippen molar-refractivity contribution in [2.75, 3.05) is 60.1 Å². The van der Waals surface area contributed by atoms with Crippen molar-refractivity contribution >= 4 is 34.0 Å². The summed E-state index contributed by atoms with van der Waals surface area (Å²) in [6, 6.07) is 24.9. The van der Waals surface area contributed by atoms with Crippen LogP contribution in [0.5, 0.6) is 17.2 Å². The maximum absolute atomic E-state index is 5.61. The molecule has 6 aromatic rings. The minimum absolute atomic E-state index is 0.701. The summed E-state index contributed by atoms with van der Waals surface area (Å²) in [5.41, 5.74) is 6.41. The normalized spacial score (nSPS) is 16.0. The summed E-state index contributed by atoms with van der Waals surface area (Å²) in [5, 5.41) is 14.0. The van der Waals surface area contributed by atoms with Crippen LogP contribution in [0.1, 0.15) is 128 Å². The zero-order valence-electron chi connectivity index (χ0n) is 38.5. The fourth-order valence-corrected chi connectivity index (χ4v) is 12.5. The molecule has 12 heteroatoms. The van der Waals surface area contributed by atoms with Crippen LogP contribution in [0, 0.1) is 6.92 Å². The third-order valence-corrected chi connectivity index (χ3v) is 16.0. The highest BCUT2D eigenvalue weighted by Gasteiger charge is 2.23. The van der Waals surface area contributed by atoms with Crippen molar-refractivity contribution in [3.05, 3.63) is 137 Å². The standard InChI is InChI=1S/C19H26N2OS.C17H22N2OS.C16H20N2OS/c1-3-17-19(15-8-10-20-11-9-15)23-18(21-17)13-14-6-5-7-16(12-14)22-4-2;1-12-17(14-7-9-18-10-8-14)21-16(19-12)11-13-3-5-15(20-2)6-4-13;1-19-14-4-2-12(3-5-14)10-16-18-11-15(20-16)13-6-8-17-9-7-13/h5-7,12,15,20H,3-4,8-11,13H2,1-2H3;3-6,14,18H,7-11H2,1-2H3;2-5,11,13,17H,6-10H2,1H3. The first-order chi connectivity index (χ1) is 31.4. The van der Waals surface area contributed by atoms with E-state index in [1.165, 1.54) is 96.3 Å². The number of piperidine rings is 3. The Morgan fingerprint density at radius 1 is 0.562 bits per heavy atom. The smallest absolute Gasteiger partial charge is 0.119 e. The number of nitrogens with one attached hydrogen (secondary N) is 3. The van der Waals surface area contributed by atoms with Crippen LogP contribution >= 0.6 is 34.0 Å².